The summed E-state index contributed by atoms with van der Waals surface area (Å²) >= 11 is 0. The maximum atomic E-state index is 12.4. The zero-order valence-corrected chi connectivity index (χ0v) is 14.6. The zero-order chi connectivity index (χ0) is 18.1. The molecule has 0 N–H and O–H groups in total. The fourth-order valence-corrected chi connectivity index (χ4v) is 4.23. The normalized spacial score (nSPS) is 26.9. The highest BCUT2D eigenvalue weighted by Crippen LogP contribution is 2.40. The lowest BCUT2D eigenvalue weighted by atomic mass is 9.67. The van der Waals surface area contributed by atoms with Gasteiger partial charge in [0.25, 0.3) is 0 Å². The SMILES string of the molecule is O=C(COC(=O)C1C[C@H]2CCC[C@@H](C1)C2=O)c1ccc2c(c1)OCCO2. The first-order chi connectivity index (χ1) is 12.6. The molecule has 0 saturated heterocycles. The fraction of sp³-hybridized carbons (Fsp3) is 0.550. The molecule has 0 radical (unpaired) electrons. The highest BCUT2D eigenvalue weighted by atomic mass is 16.6. The van der Waals surface area contributed by atoms with Crippen LogP contribution >= 0.6 is 0 Å². The van der Waals surface area contributed by atoms with Crippen LogP contribution in [-0.2, 0) is 14.3 Å². The number of rotatable bonds is 4. The summed E-state index contributed by atoms with van der Waals surface area (Å²) in [7, 11) is 0. The van der Waals surface area contributed by atoms with E-state index in [1.54, 1.807) is 18.2 Å². The van der Waals surface area contributed by atoms with Gasteiger partial charge in [-0.15, -0.1) is 0 Å². The average Bonchev–Trinajstić information content (AvgIpc) is 2.65. The zero-order valence-electron chi connectivity index (χ0n) is 14.6. The lowest BCUT2D eigenvalue weighted by Gasteiger charge is -2.36. The van der Waals surface area contributed by atoms with E-state index in [2.05, 4.69) is 0 Å². The molecule has 4 rings (SSSR count). The Labute approximate surface area is 151 Å². The molecule has 1 heterocycles. The van der Waals surface area contributed by atoms with E-state index < -0.39 is 0 Å². The molecule has 2 saturated carbocycles. The molecule has 1 unspecified atom stereocenters. The van der Waals surface area contributed by atoms with E-state index in [-0.39, 0.29) is 36.1 Å². The van der Waals surface area contributed by atoms with Crippen LogP contribution in [0.15, 0.2) is 18.2 Å². The van der Waals surface area contributed by atoms with Gasteiger partial charge in [0.1, 0.15) is 19.0 Å². The van der Waals surface area contributed by atoms with Crippen molar-refractivity contribution in [3.8, 4) is 11.5 Å². The van der Waals surface area contributed by atoms with Gasteiger partial charge in [0.2, 0.25) is 0 Å². The Balaban J connectivity index is 1.34. The van der Waals surface area contributed by atoms with Crippen LogP contribution in [0.2, 0.25) is 0 Å². The van der Waals surface area contributed by atoms with Gasteiger partial charge in [-0.2, -0.15) is 0 Å². The number of carbonyl (C=O) groups is 3. The van der Waals surface area contributed by atoms with Crippen molar-refractivity contribution in [1.82, 2.24) is 0 Å². The van der Waals surface area contributed by atoms with Crippen molar-refractivity contribution in [3.05, 3.63) is 23.8 Å². The predicted molar refractivity (Wildman–Crippen MR) is 91.3 cm³/mol. The van der Waals surface area contributed by atoms with E-state index >= 15 is 0 Å². The molecule has 3 aliphatic rings. The second-order valence-corrected chi connectivity index (χ2v) is 7.28. The molecule has 138 valence electrons. The number of carbonyl (C=O) groups excluding carboxylic acids is 3. The van der Waals surface area contributed by atoms with Gasteiger partial charge in [0, 0.05) is 17.4 Å². The molecule has 1 aliphatic heterocycles. The van der Waals surface area contributed by atoms with Gasteiger partial charge in [0.15, 0.2) is 23.9 Å². The molecule has 6 heteroatoms. The summed E-state index contributed by atoms with van der Waals surface area (Å²) in [5, 5.41) is 0. The number of fused-ring (bicyclic) bond motifs is 3. The molecule has 1 aromatic carbocycles. The van der Waals surface area contributed by atoms with Crippen LogP contribution in [0.1, 0.15) is 42.5 Å². The smallest absolute Gasteiger partial charge is 0.309 e. The molecule has 2 fully saturated rings. The van der Waals surface area contributed by atoms with Gasteiger partial charge >= 0.3 is 5.97 Å². The molecular formula is C20H22O6. The Hall–Kier alpha value is -2.37. The third-order valence-electron chi connectivity index (χ3n) is 5.59. The van der Waals surface area contributed by atoms with Gasteiger partial charge < -0.3 is 14.2 Å². The second kappa shape index (κ2) is 7.09. The van der Waals surface area contributed by atoms with Crippen LogP contribution in [0.5, 0.6) is 11.5 Å². The van der Waals surface area contributed by atoms with E-state index in [4.69, 9.17) is 14.2 Å². The minimum absolute atomic E-state index is 0.00598. The molecule has 0 spiro atoms. The topological polar surface area (TPSA) is 78.9 Å². The molecule has 2 aliphatic carbocycles. The molecule has 3 atom stereocenters. The van der Waals surface area contributed by atoms with Gasteiger partial charge in [-0.3, -0.25) is 14.4 Å². The first-order valence-electron chi connectivity index (χ1n) is 9.25. The van der Waals surface area contributed by atoms with Crippen molar-refractivity contribution in [3.63, 3.8) is 0 Å². The molecule has 1 aromatic rings. The van der Waals surface area contributed by atoms with Crippen LogP contribution < -0.4 is 9.47 Å². The molecule has 0 aromatic heterocycles. The van der Waals surface area contributed by atoms with E-state index in [0.717, 1.165) is 19.3 Å². The minimum Gasteiger partial charge on any atom is -0.486 e. The first-order valence-corrected chi connectivity index (χ1v) is 9.25. The summed E-state index contributed by atoms with van der Waals surface area (Å²) < 4.78 is 16.2. The molecule has 6 nitrogen and oxygen atoms in total. The summed E-state index contributed by atoms with van der Waals surface area (Å²) in [6.07, 6.45) is 3.93. The third kappa shape index (κ3) is 3.32. The molecular weight excluding hydrogens is 336 g/mol. The van der Waals surface area contributed by atoms with Crippen molar-refractivity contribution in [2.45, 2.75) is 32.1 Å². The van der Waals surface area contributed by atoms with Crippen molar-refractivity contribution < 1.29 is 28.6 Å². The number of benzene rings is 1. The van der Waals surface area contributed by atoms with Crippen LogP contribution in [0, 0.1) is 17.8 Å². The Bertz CT molecular complexity index is 724. The lowest BCUT2D eigenvalue weighted by molar-refractivity contribution is -0.152. The van der Waals surface area contributed by atoms with Gasteiger partial charge in [-0.25, -0.2) is 0 Å². The summed E-state index contributed by atoms with van der Waals surface area (Å²) in [6.45, 7) is 0.643. The maximum Gasteiger partial charge on any atom is 0.309 e. The largest absolute Gasteiger partial charge is 0.486 e. The lowest BCUT2D eigenvalue weighted by Crippen LogP contribution is -2.39. The number of esters is 1. The van der Waals surface area contributed by atoms with E-state index in [0.29, 0.717) is 48.9 Å². The second-order valence-electron chi connectivity index (χ2n) is 7.28. The van der Waals surface area contributed by atoms with E-state index in [1.165, 1.54) is 0 Å². The molecule has 26 heavy (non-hydrogen) atoms. The standard InChI is InChI=1S/C20H22O6/c21-16(12-4-5-17-18(10-12)25-7-6-24-17)11-26-20(23)15-8-13-2-1-3-14(9-15)19(13)22/h4-5,10,13-15H,1-3,6-9,11H2/t13-,14+,15?. The number of hydrogen-bond acceptors (Lipinski definition) is 6. The van der Waals surface area contributed by atoms with Crippen LogP contribution in [0.3, 0.4) is 0 Å². The Kier molecular flexibility index (Phi) is 4.66. The number of ether oxygens (including phenoxy) is 3. The maximum absolute atomic E-state index is 12.4. The van der Waals surface area contributed by atoms with Crippen molar-refractivity contribution in [2.24, 2.45) is 17.8 Å². The monoisotopic (exact) mass is 358 g/mol. The Morgan fingerprint density at radius 1 is 1.04 bits per heavy atom. The van der Waals surface area contributed by atoms with Crippen LogP contribution in [-0.4, -0.2) is 37.4 Å². The predicted octanol–water partition coefficient (Wildman–Crippen LogP) is 2.58. The fourth-order valence-electron chi connectivity index (χ4n) is 4.23. The summed E-state index contributed by atoms with van der Waals surface area (Å²) in [4.78, 5) is 36.8. The first kappa shape index (κ1) is 17.1. The number of hydrogen-bond donors (Lipinski definition) is 0. The van der Waals surface area contributed by atoms with Crippen molar-refractivity contribution >= 4 is 17.5 Å². The minimum atomic E-state index is -0.361. The van der Waals surface area contributed by atoms with Crippen LogP contribution in [0.4, 0.5) is 0 Å². The Morgan fingerprint density at radius 2 is 1.73 bits per heavy atom. The van der Waals surface area contributed by atoms with E-state index in [9.17, 15) is 14.4 Å². The average molecular weight is 358 g/mol. The summed E-state index contributed by atoms with van der Waals surface area (Å²) in [5.74, 6) is 0.545. The quantitative estimate of drug-likeness (QED) is 0.608. The highest BCUT2D eigenvalue weighted by molar-refractivity contribution is 5.98. The molecule has 2 bridgehead atoms. The van der Waals surface area contributed by atoms with Gasteiger partial charge in [0.05, 0.1) is 5.92 Å². The van der Waals surface area contributed by atoms with E-state index in [1.807, 2.05) is 0 Å². The molecule has 0 amide bonds. The highest BCUT2D eigenvalue weighted by Gasteiger charge is 2.41. The van der Waals surface area contributed by atoms with Gasteiger partial charge in [-0.1, -0.05) is 6.42 Å². The number of Topliss-reactive ketones (excluding diaryl/α,β-unsaturated/α-hetero) is 2. The van der Waals surface area contributed by atoms with Crippen LogP contribution in [0.25, 0.3) is 0 Å². The van der Waals surface area contributed by atoms with Crippen molar-refractivity contribution in [2.75, 3.05) is 19.8 Å². The van der Waals surface area contributed by atoms with Gasteiger partial charge in [-0.05, 0) is 43.9 Å². The summed E-state index contributed by atoms with van der Waals surface area (Å²) in [6, 6.07) is 4.96. The third-order valence-corrected chi connectivity index (χ3v) is 5.59. The van der Waals surface area contributed by atoms with Crippen molar-refractivity contribution in [1.29, 1.82) is 0 Å². The number of ketones is 2. The Morgan fingerprint density at radius 3 is 2.46 bits per heavy atom. The summed E-state index contributed by atoms with van der Waals surface area (Å²) in [5.41, 5.74) is 0.428.